The Morgan fingerprint density at radius 1 is 1.58 bits per heavy atom. The van der Waals surface area contributed by atoms with Crippen molar-refractivity contribution in [2.24, 2.45) is 0 Å². The Hall–Kier alpha value is -0.830. The summed E-state index contributed by atoms with van der Waals surface area (Å²) in [4.78, 5) is 0. The first-order chi connectivity index (χ1) is 5.79. The molecule has 0 amide bonds. The van der Waals surface area contributed by atoms with Gasteiger partial charge in [-0.3, -0.25) is 0 Å². The van der Waals surface area contributed by atoms with Crippen LogP contribution in [-0.2, 0) is 13.1 Å². The van der Waals surface area contributed by atoms with Gasteiger partial charge in [0.05, 0.1) is 12.6 Å². The molecule has 0 aromatic carbocycles. The van der Waals surface area contributed by atoms with E-state index in [1.54, 1.807) is 0 Å². The molecule has 1 aromatic heterocycles. The summed E-state index contributed by atoms with van der Waals surface area (Å²) in [6.45, 7) is 7.64. The second kappa shape index (κ2) is 2.90. The smallest absolute Gasteiger partial charge is 0.270 e. The fraction of sp³-hybridized carbons (Fsp3) is 0.667. The molecular formula is C9H16N3+. The largest absolute Gasteiger partial charge is 0.302 e. The zero-order chi connectivity index (χ0) is 8.55. The Bertz CT molecular complexity index is 275. The Labute approximate surface area is 73.0 Å². The summed E-state index contributed by atoms with van der Waals surface area (Å²) in [6, 6.07) is 0.571. The van der Waals surface area contributed by atoms with Gasteiger partial charge in [0.1, 0.15) is 18.9 Å². The van der Waals surface area contributed by atoms with Crippen LogP contribution < -0.4 is 9.88 Å². The van der Waals surface area contributed by atoms with Crippen molar-refractivity contribution in [3.8, 4) is 0 Å². The second-order valence-corrected chi connectivity index (χ2v) is 3.59. The second-order valence-electron chi connectivity index (χ2n) is 3.59. The molecule has 0 saturated carbocycles. The quantitative estimate of drug-likeness (QED) is 0.601. The first-order valence-corrected chi connectivity index (χ1v) is 4.59. The summed E-state index contributed by atoms with van der Waals surface area (Å²) in [6.07, 6.45) is 4.35. The molecule has 3 nitrogen and oxygen atoms in total. The Kier molecular flexibility index (Phi) is 1.89. The summed E-state index contributed by atoms with van der Waals surface area (Å²) in [5.41, 5.74) is 0. The number of imidazole rings is 1. The summed E-state index contributed by atoms with van der Waals surface area (Å²) in [5, 5.41) is 3.38. The normalized spacial score (nSPS) is 16.6. The van der Waals surface area contributed by atoms with Crippen LogP contribution in [0.2, 0.25) is 0 Å². The zero-order valence-corrected chi connectivity index (χ0v) is 7.75. The molecule has 0 aliphatic carbocycles. The van der Waals surface area contributed by atoms with Crippen molar-refractivity contribution in [2.75, 3.05) is 6.54 Å². The van der Waals surface area contributed by atoms with Crippen molar-refractivity contribution in [2.45, 2.75) is 33.0 Å². The van der Waals surface area contributed by atoms with E-state index in [9.17, 15) is 0 Å². The predicted octanol–water partition coefficient (Wildman–Crippen LogP) is 0.460. The Morgan fingerprint density at radius 3 is 3.17 bits per heavy atom. The minimum absolute atomic E-state index is 0.571. The molecule has 1 aliphatic heterocycles. The molecule has 0 saturated heterocycles. The summed E-state index contributed by atoms with van der Waals surface area (Å²) in [5.74, 6) is 1.40. The first-order valence-electron chi connectivity index (χ1n) is 4.59. The van der Waals surface area contributed by atoms with Crippen LogP contribution in [0, 0.1) is 0 Å². The minimum Gasteiger partial charge on any atom is -0.302 e. The number of rotatable bonds is 1. The predicted molar refractivity (Wildman–Crippen MR) is 46.7 cm³/mol. The third-order valence-electron chi connectivity index (χ3n) is 2.41. The summed E-state index contributed by atoms with van der Waals surface area (Å²) < 4.78 is 4.66. The molecule has 0 fully saturated rings. The van der Waals surface area contributed by atoms with Crippen LogP contribution >= 0.6 is 0 Å². The van der Waals surface area contributed by atoms with E-state index < -0.39 is 0 Å². The highest BCUT2D eigenvalue weighted by atomic mass is 15.2. The monoisotopic (exact) mass is 166 g/mol. The van der Waals surface area contributed by atoms with Crippen LogP contribution in [0.5, 0.6) is 0 Å². The maximum Gasteiger partial charge on any atom is 0.270 e. The van der Waals surface area contributed by atoms with Crippen LogP contribution in [-0.4, -0.2) is 11.1 Å². The van der Waals surface area contributed by atoms with E-state index in [4.69, 9.17) is 0 Å². The molecule has 0 atom stereocenters. The molecule has 0 radical (unpaired) electrons. The van der Waals surface area contributed by atoms with E-state index in [1.165, 1.54) is 5.82 Å². The molecule has 12 heavy (non-hydrogen) atoms. The van der Waals surface area contributed by atoms with Gasteiger partial charge in [-0.15, -0.1) is 0 Å². The van der Waals surface area contributed by atoms with E-state index in [0.29, 0.717) is 6.04 Å². The topological polar surface area (TPSA) is 20.8 Å². The molecule has 1 N–H and O–H groups in total. The number of nitrogens with one attached hydrogen (secondary N) is 1. The van der Waals surface area contributed by atoms with Gasteiger partial charge >= 0.3 is 0 Å². The lowest BCUT2D eigenvalue weighted by Gasteiger charge is -2.12. The molecule has 3 heteroatoms. The SMILES string of the molecule is CC(C)[n+]1ccn2c1CNCC2. The third-order valence-corrected chi connectivity index (χ3v) is 2.41. The fourth-order valence-corrected chi connectivity index (χ4v) is 1.74. The first kappa shape index (κ1) is 7.80. The van der Waals surface area contributed by atoms with Gasteiger partial charge in [0.25, 0.3) is 5.82 Å². The average Bonchev–Trinajstić information content (AvgIpc) is 2.47. The minimum atomic E-state index is 0.571. The standard InChI is InChI=1S/C9H16N3/c1-8(2)12-6-5-11-4-3-10-7-9(11)12/h5-6,8,10H,3-4,7H2,1-2H3/q+1. The van der Waals surface area contributed by atoms with Gasteiger partial charge in [-0.2, -0.15) is 0 Å². The lowest BCUT2D eigenvalue weighted by molar-refractivity contribution is -0.723. The number of hydrogen-bond acceptors (Lipinski definition) is 1. The van der Waals surface area contributed by atoms with Crippen molar-refractivity contribution < 1.29 is 4.57 Å². The maximum atomic E-state index is 3.38. The molecule has 1 aliphatic rings. The van der Waals surface area contributed by atoms with Crippen molar-refractivity contribution in [3.63, 3.8) is 0 Å². The summed E-state index contributed by atoms with van der Waals surface area (Å²) in [7, 11) is 0. The molecule has 0 spiro atoms. The van der Waals surface area contributed by atoms with Gasteiger partial charge in [-0.1, -0.05) is 0 Å². The molecular weight excluding hydrogens is 150 g/mol. The molecule has 0 bridgehead atoms. The van der Waals surface area contributed by atoms with Crippen LogP contribution in [0.4, 0.5) is 0 Å². The number of hydrogen-bond donors (Lipinski definition) is 1. The lowest BCUT2D eigenvalue weighted by Crippen LogP contribution is -2.44. The van der Waals surface area contributed by atoms with E-state index in [2.05, 4.69) is 40.7 Å². The highest BCUT2D eigenvalue weighted by Crippen LogP contribution is 2.03. The molecule has 0 unspecified atom stereocenters. The molecule has 1 aromatic rings. The van der Waals surface area contributed by atoms with Crippen LogP contribution in [0.25, 0.3) is 0 Å². The number of fused-ring (bicyclic) bond motifs is 1. The van der Waals surface area contributed by atoms with Crippen LogP contribution in [0.3, 0.4) is 0 Å². The maximum absolute atomic E-state index is 3.38. The van der Waals surface area contributed by atoms with E-state index in [1.807, 2.05) is 0 Å². The Balaban J connectivity index is 2.38. The van der Waals surface area contributed by atoms with Crippen molar-refractivity contribution in [3.05, 3.63) is 18.2 Å². The zero-order valence-electron chi connectivity index (χ0n) is 7.75. The van der Waals surface area contributed by atoms with Crippen molar-refractivity contribution in [1.82, 2.24) is 9.88 Å². The van der Waals surface area contributed by atoms with E-state index in [-0.39, 0.29) is 0 Å². The average molecular weight is 166 g/mol. The lowest BCUT2D eigenvalue weighted by atomic mass is 10.3. The molecule has 2 heterocycles. The van der Waals surface area contributed by atoms with Crippen molar-refractivity contribution in [1.29, 1.82) is 0 Å². The Morgan fingerprint density at radius 2 is 2.42 bits per heavy atom. The highest BCUT2D eigenvalue weighted by Gasteiger charge is 2.21. The van der Waals surface area contributed by atoms with Crippen molar-refractivity contribution >= 4 is 0 Å². The van der Waals surface area contributed by atoms with E-state index in [0.717, 1.165) is 19.6 Å². The number of nitrogens with zero attached hydrogens (tertiary/aromatic N) is 2. The van der Waals surface area contributed by atoms with Gasteiger partial charge in [0.15, 0.2) is 0 Å². The third kappa shape index (κ3) is 1.14. The fourth-order valence-electron chi connectivity index (χ4n) is 1.74. The molecule has 2 rings (SSSR count). The van der Waals surface area contributed by atoms with E-state index >= 15 is 0 Å². The van der Waals surface area contributed by atoms with Gasteiger partial charge in [0.2, 0.25) is 0 Å². The van der Waals surface area contributed by atoms with Gasteiger partial charge < -0.3 is 5.32 Å². The van der Waals surface area contributed by atoms with Crippen LogP contribution in [0.1, 0.15) is 25.7 Å². The van der Waals surface area contributed by atoms with Crippen LogP contribution in [0.15, 0.2) is 12.4 Å². The van der Waals surface area contributed by atoms with Gasteiger partial charge in [0, 0.05) is 6.54 Å². The van der Waals surface area contributed by atoms with Gasteiger partial charge in [-0.25, -0.2) is 9.13 Å². The molecule has 66 valence electrons. The van der Waals surface area contributed by atoms with Gasteiger partial charge in [-0.05, 0) is 13.8 Å². The summed E-state index contributed by atoms with van der Waals surface area (Å²) >= 11 is 0. The number of aromatic nitrogens is 2. The highest BCUT2D eigenvalue weighted by molar-refractivity contribution is 4.87.